The second-order valence-corrected chi connectivity index (χ2v) is 4.74. The molecule has 1 N–H and O–H groups in total. The Balaban J connectivity index is 2.55. The Morgan fingerprint density at radius 1 is 1.47 bits per heavy atom. The molecule has 1 aliphatic heterocycles. The third-order valence-electron chi connectivity index (χ3n) is 3.35. The molecule has 2 heterocycles. The van der Waals surface area contributed by atoms with Crippen LogP contribution in [-0.4, -0.2) is 28.2 Å². The van der Waals surface area contributed by atoms with Crippen molar-refractivity contribution in [2.24, 2.45) is 0 Å². The predicted molar refractivity (Wildman–Crippen MR) is 67.0 cm³/mol. The Bertz CT molecular complexity index is 465. The zero-order chi connectivity index (χ0) is 12.4. The highest BCUT2D eigenvalue weighted by Crippen LogP contribution is 2.18. The monoisotopic (exact) mass is 236 g/mol. The van der Waals surface area contributed by atoms with E-state index in [4.69, 9.17) is 0 Å². The maximum Gasteiger partial charge on any atom is 0.256 e. The second-order valence-electron chi connectivity index (χ2n) is 4.74. The summed E-state index contributed by atoms with van der Waals surface area (Å²) >= 11 is 0. The predicted octanol–water partition coefficient (Wildman–Crippen LogP) is 0.738. The molecule has 0 fully saturated rings. The molecular weight excluding hydrogens is 216 g/mol. The zero-order valence-corrected chi connectivity index (χ0v) is 10.6. The zero-order valence-electron chi connectivity index (χ0n) is 10.6. The third-order valence-corrected chi connectivity index (χ3v) is 3.35. The first-order valence-electron chi connectivity index (χ1n) is 6.21. The summed E-state index contributed by atoms with van der Waals surface area (Å²) in [7, 11) is 2.08. The Morgan fingerprint density at radius 3 is 2.88 bits per heavy atom. The van der Waals surface area contributed by atoms with E-state index in [2.05, 4.69) is 18.9 Å². The lowest BCUT2D eigenvalue weighted by molar-refractivity contribution is 0.274. The lowest BCUT2D eigenvalue weighted by Crippen LogP contribution is -2.35. The van der Waals surface area contributed by atoms with Crippen molar-refractivity contribution in [1.82, 2.24) is 9.47 Å². The normalized spacial score (nSPS) is 15.9. The quantitative estimate of drug-likeness (QED) is 0.842. The van der Waals surface area contributed by atoms with Crippen molar-refractivity contribution in [2.45, 2.75) is 39.5 Å². The van der Waals surface area contributed by atoms with Gasteiger partial charge in [0.25, 0.3) is 5.56 Å². The topological polar surface area (TPSA) is 45.5 Å². The SMILES string of the molecule is CCCn1c2c(cc(CO)c1=O)CN(C)CC2. The minimum absolute atomic E-state index is 0.0161. The highest BCUT2D eigenvalue weighted by atomic mass is 16.3. The Kier molecular flexibility index (Phi) is 3.64. The number of aromatic nitrogens is 1. The highest BCUT2D eigenvalue weighted by molar-refractivity contribution is 5.28. The van der Waals surface area contributed by atoms with E-state index in [-0.39, 0.29) is 12.2 Å². The van der Waals surface area contributed by atoms with E-state index >= 15 is 0 Å². The molecule has 1 aromatic heterocycles. The van der Waals surface area contributed by atoms with Gasteiger partial charge in [-0.3, -0.25) is 4.79 Å². The molecule has 1 aliphatic rings. The smallest absolute Gasteiger partial charge is 0.256 e. The van der Waals surface area contributed by atoms with Gasteiger partial charge in [-0.2, -0.15) is 0 Å². The van der Waals surface area contributed by atoms with Gasteiger partial charge in [0, 0.05) is 37.3 Å². The Morgan fingerprint density at radius 2 is 2.24 bits per heavy atom. The van der Waals surface area contributed by atoms with Crippen LogP contribution >= 0.6 is 0 Å². The molecule has 2 rings (SSSR count). The molecule has 17 heavy (non-hydrogen) atoms. The maximum absolute atomic E-state index is 12.1. The number of hydrogen-bond donors (Lipinski definition) is 1. The molecule has 0 aromatic carbocycles. The van der Waals surface area contributed by atoms with E-state index < -0.39 is 0 Å². The van der Waals surface area contributed by atoms with Crippen LogP contribution in [0.25, 0.3) is 0 Å². The van der Waals surface area contributed by atoms with Gasteiger partial charge in [0.15, 0.2) is 0 Å². The fourth-order valence-electron chi connectivity index (χ4n) is 2.50. The van der Waals surface area contributed by atoms with E-state index in [1.807, 2.05) is 10.6 Å². The summed E-state index contributed by atoms with van der Waals surface area (Å²) in [5.41, 5.74) is 2.85. The third kappa shape index (κ3) is 2.28. The van der Waals surface area contributed by atoms with Crippen molar-refractivity contribution in [1.29, 1.82) is 0 Å². The first-order chi connectivity index (χ1) is 8.17. The number of aliphatic hydroxyl groups is 1. The minimum atomic E-state index is -0.167. The largest absolute Gasteiger partial charge is 0.391 e. The van der Waals surface area contributed by atoms with Crippen molar-refractivity contribution >= 4 is 0 Å². The van der Waals surface area contributed by atoms with Crippen molar-refractivity contribution in [2.75, 3.05) is 13.6 Å². The number of hydrogen-bond acceptors (Lipinski definition) is 3. The van der Waals surface area contributed by atoms with Gasteiger partial charge in [-0.05, 0) is 25.1 Å². The van der Waals surface area contributed by atoms with E-state index in [0.717, 1.165) is 38.2 Å². The number of fused-ring (bicyclic) bond motifs is 1. The number of nitrogens with zero attached hydrogens (tertiary/aromatic N) is 2. The van der Waals surface area contributed by atoms with E-state index in [9.17, 15) is 9.90 Å². The molecule has 4 heteroatoms. The maximum atomic E-state index is 12.1. The second kappa shape index (κ2) is 5.02. The molecule has 0 saturated carbocycles. The lowest BCUT2D eigenvalue weighted by atomic mass is 10.0. The minimum Gasteiger partial charge on any atom is -0.391 e. The Hall–Kier alpha value is -1.13. The van der Waals surface area contributed by atoms with E-state index in [0.29, 0.717) is 5.56 Å². The van der Waals surface area contributed by atoms with Gasteiger partial charge in [0.05, 0.1) is 6.61 Å². The summed E-state index contributed by atoms with van der Waals surface area (Å²) in [5.74, 6) is 0. The summed E-state index contributed by atoms with van der Waals surface area (Å²) in [6.07, 6.45) is 1.86. The molecule has 0 saturated heterocycles. The van der Waals surface area contributed by atoms with Crippen molar-refractivity contribution < 1.29 is 5.11 Å². The molecule has 0 radical (unpaired) electrons. The number of rotatable bonds is 3. The molecule has 94 valence electrons. The van der Waals surface area contributed by atoms with Crippen LogP contribution in [-0.2, 0) is 26.1 Å². The molecule has 4 nitrogen and oxygen atoms in total. The average Bonchev–Trinajstić information content (AvgIpc) is 2.32. The van der Waals surface area contributed by atoms with Crippen LogP contribution in [0.2, 0.25) is 0 Å². The summed E-state index contributed by atoms with van der Waals surface area (Å²) in [4.78, 5) is 14.4. The first kappa shape index (κ1) is 12.3. The van der Waals surface area contributed by atoms with Gasteiger partial charge in [-0.15, -0.1) is 0 Å². The van der Waals surface area contributed by atoms with Gasteiger partial charge in [-0.1, -0.05) is 6.92 Å². The van der Waals surface area contributed by atoms with Crippen molar-refractivity contribution in [3.05, 3.63) is 33.2 Å². The summed E-state index contributed by atoms with van der Waals surface area (Å²) in [6.45, 7) is 4.51. The standard InChI is InChI=1S/C13H20N2O2/c1-3-5-15-12-4-6-14(2)8-10(12)7-11(9-16)13(15)17/h7,16H,3-6,8-9H2,1-2H3. The van der Waals surface area contributed by atoms with Crippen LogP contribution in [0.3, 0.4) is 0 Å². The molecule has 0 atom stereocenters. The summed E-state index contributed by atoms with van der Waals surface area (Å²) in [6, 6.07) is 1.87. The summed E-state index contributed by atoms with van der Waals surface area (Å²) in [5, 5.41) is 9.25. The highest BCUT2D eigenvalue weighted by Gasteiger charge is 2.19. The van der Waals surface area contributed by atoms with Crippen molar-refractivity contribution in [3.8, 4) is 0 Å². The number of pyridine rings is 1. The molecule has 0 spiro atoms. The molecule has 0 aliphatic carbocycles. The van der Waals surface area contributed by atoms with Gasteiger partial charge in [-0.25, -0.2) is 0 Å². The molecule has 0 unspecified atom stereocenters. The first-order valence-corrected chi connectivity index (χ1v) is 6.21. The molecule has 0 bridgehead atoms. The fraction of sp³-hybridized carbons (Fsp3) is 0.615. The van der Waals surface area contributed by atoms with Crippen LogP contribution < -0.4 is 5.56 Å². The lowest BCUT2D eigenvalue weighted by Gasteiger charge is -2.28. The van der Waals surface area contributed by atoms with Gasteiger partial charge in [0.2, 0.25) is 0 Å². The van der Waals surface area contributed by atoms with Gasteiger partial charge >= 0.3 is 0 Å². The number of likely N-dealkylation sites (N-methyl/N-ethyl adjacent to an activating group) is 1. The summed E-state index contributed by atoms with van der Waals surface area (Å²) < 4.78 is 1.86. The fourth-order valence-corrected chi connectivity index (χ4v) is 2.50. The van der Waals surface area contributed by atoms with Crippen LogP contribution in [0.5, 0.6) is 0 Å². The van der Waals surface area contributed by atoms with Crippen LogP contribution in [0.15, 0.2) is 10.9 Å². The van der Waals surface area contributed by atoms with Crippen LogP contribution in [0.1, 0.15) is 30.2 Å². The van der Waals surface area contributed by atoms with E-state index in [1.165, 1.54) is 5.56 Å². The average molecular weight is 236 g/mol. The molecule has 1 aromatic rings. The van der Waals surface area contributed by atoms with Crippen LogP contribution in [0.4, 0.5) is 0 Å². The van der Waals surface area contributed by atoms with Crippen LogP contribution in [0, 0.1) is 0 Å². The number of aliphatic hydroxyl groups excluding tert-OH is 1. The Labute approximate surface area is 101 Å². The van der Waals surface area contributed by atoms with E-state index in [1.54, 1.807) is 0 Å². The molecular formula is C13H20N2O2. The van der Waals surface area contributed by atoms with Gasteiger partial charge < -0.3 is 14.6 Å². The van der Waals surface area contributed by atoms with Crippen molar-refractivity contribution in [3.63, 3.8) is 0 Å². The molecule has 0 amide bonds. The van der Waals surface area contributed by atoms with Gasteiger partial charge in [0.1, 0.15) is 0 Å².